The van der Waals surface area contributed by atoms with E-state index >= 15 is 0 Å². The molecule has 1 amide bonds. The van der Waals surface area contributed by atoms with E-state index in [2.05, 4.69) is 5.32 Å². The lowest BCUT2D eigenvalue weighted by Gasteiger charge is -2.14. The average Bonchev–Trinajstić information content (AvgIpc) is 2.86. The Morgan fingerprint density at radius 3 is 2.59 bits per heavy atom. The van der Waals surface area contributed by atoms with Crippen molar-refractivity contribution in [1.29, 1.82) is 0 Å². The minimum atomic E-state index is -0.288. The van der Waals surface area contributed by atoms with E-state index in [0.29, 0.717) is 52.4 Å². The van der Waals surface area contributed by atoms with Crippen molar-refractivity contribution >= 4 is 28.6 Å². The number of halogens is 1. The summed E-state index contributed by atoms with van der Waals surface area (Å²) in [6.07, 6.45) is 1.50. The fourth-order valence-corrected chi connectivity index (χ4v) is 4.64. The molecule has 4 aromatic rings. The molecule has 0 fully saturated rings. The van der Waals surface area contributed by atoms with Gasteiger partial charge < -0.3 is 5.32 Å². The molecule has 1 heterocycles. The van der Waals surface area contributed by atoms with Crippen molar-refractivity contribution in [3.63, 3.8) is 0 Å². The zero-order valence-corrected chi connectivity index (χ0v) is 19.8. The molecule has 0 saturated carbocycles. The number of fused-ring (bicyclic) bond motifs is 1. The lowest BCUT2D eigenvalue weighted by Crippen LogP contribution is -2.26. The van der Waals surface area contributed by atoms with Crippen LogP contribution in [0.3, 0.4) is 0 Å². The van der Waals surface area contributed by atoms with Crippen LogP contribution in [0.25, 0.3) is 10.9 Å². The van der Waals surface area contributed by atoms with Gasteiger partial charge in [0, 0.05) is 24.4 Å². The van der Waals surface area contributed by atoms with Gasteiger partial charge in [-0.1, -0.05) is 67.2 Å². The van der Waals surface area contributed by atoms with Crippen LogP contribution in [0.15, 0.2) is 82.7 Å². The molecule has 0 aliphatic heterocycles. The van der Waals surface area contributed by atoms with Gasteiger partial charge in [0.1, 0.15) is 5.82 Å². The maximum atomic E-state index is 14.2. The Morgan fingerprint density at radius 1 is 1.06 bits per heavy atom. The molecule has 0 saturated heterocycles. The number of hydrogen-bond acceptors (Lipinski definition) is 4. The number of hydrogen-bond donors (Lipinski definition) is 1. The van der Waals surface area contributed by atoms with Gasteiger partial charge in [0.2, 0.25) is 0 Å². The van der Waals surface area contributed by atoms with Gasteiger partial charge in [-0.3, -0.25) is 14.2 Å². The summed E-state index contributed by atoms with van der Waals surface area (Å²) in [5.41, 5.74) is 2.41. The van der Waals surface area contributed by atoms with Gasteiger partial charge >= 0.3 is 0 Å². The maximum Gasteiger partial charge on any atom is 0.262 e. The van der Waals surface area contributed by atoms with E-state index in [9.17, 15) is 14.0 Å². The topological polar surface area (TPSA) is 64.0 Å². The summed E-state index contributed by atoms with van der Waals surface area (Å²) in [4.78, 5) is 30.6. The summed E-state index contributed by atoms with van der Waals surface area (Å²) >= 11 is 1.32. The van der Waals surface area contributed by atoms with Crippen LogP contribution in [0, 0.1) is 5.82 Å². The van der Waals surface area contributed by atoms with E-state index in [-0.39, 0.29) is 17.3 Å². The Bertz CT molecular complexity index is 1360. The second kappa shape index (κ2) is 11.1. The number of rotatable bonds is 9. The molecule has 5 nitrogen and oxygen atoms in total. The Kier molecular flexibility index (Phi) is 7.75. The highest BCUT2D eigenvalue weighted by Gasteiger charge is 2.15. The van der Waals surface area contributed by atoms with Crippen LogP contribution in [0.1, 0.15) is 34.8 Å². The highest BCUT2D eigenvalue weighted by Crippen LogP contribution is 2.24. The molecule has 4 rings (SSSR count). The molecule has 0 unspecified atom stereocenters. The molecule has 34 heavy (non-hydrogen) atoms. The van der Waals surface area contributed by atoms with E-state index in [1.54, 1.807) is 41.0 Å². The van der Waals surface area contributed by atoms with E-state index in [0.717, 1.165) is 12.0 Å². The SMILES string of the molecule is CCCNC(=O)c1ccc2c(=O)n(CCc3ccccc3)c(SCc3ccccc3F)nc2c1. The molecule has 0 atom stereocenters. The van der Waals surface area contributed by atoms with Crippen molar-refractivity contribution in [2.45, 2.75) is 37.2 Å². The summed E-state index contributed by atoms with van der Waals surface area (Å²) in [5, 5.41) is 3.80. The molecule has 0 aliphatic carbocycles. The lowest BCUT2D eigenvalue weighted by molar-refractivity contribution is 0.0953. The predicted octanol–water partition coefficient (Wildman–Crippen LogP) is 5.21. The summed E-state index contributed by atoms with van der Waals surface area (Å²) in [6.45, 7) is 3.01. The first kappa shape index (κ1) is 23.7. The zero-order chi connectivity index (χ0) is 23.9. The Balaban J connectivity index is 1.71. The molecule has 0 radical (unpaired) electrons. The van der Waals surface area contributed by atoms with E-state index in [1.807, 2.05) is 37.3 Å². The van der Waals surface area contributed by atoms with Crippen molar-refractivity contribution in [1.82, 2.24) is 14.9 Å². The number of carbonyl (C=O) groups is 1. The number of aryl methyl sites for hydroxylation is 1. The third kappa shape index (κ3) is 5.54. The second-order valence-electron chi connectivity index (χ2n) is 7.95. The number of carbonyl (C=O) groups excluding carboxylic acids is 1. The molecule has 7 heteroatoms. The van der Waals surface area contributed by atoms with Gasteiger partial charge in [0.25, 0.3) is 11.5 Å². The normalized spacial score (nSPS) is 11.0. The van der Waals surface area contributed by atoms with Crippen molar-refractivity contribution in [3.05, 3.63) is 106 Å². The molecule has 0 bridgehead atoms. The van der Waals surface area contributed by atoms with Gasteiger partial charge in [0.15, 0.2) is 5.16 Å². The van der Waals surface area contributed by atoms with Gasteiger partial charge in [0.05, 0.1) is 10.9 Å². The Labute approximate surface area is 202 Å². The smallest absolute Gasteiger partial charge is 0.262 e. The minimum absolute atomic E-state index is 0.169. The maximum absolute atomic E-state index is 14.2. The van der Waals surface area contributed by atoms with Crippen LogP contribution in [0.2, 0.25) is 0 Å². The monoisotopic (exact) mass is 475 g/mol. The first-order valence-corrected chi connectivity index (χ1v) is 12.3. The molecular weight excluding hydrogens is 449 g/mol. The van der Waals surface area contributed by atoms with Crippen LogP contribution in [-0.2, 0) is 18.7 Å². The van der Waals surface area contributed by atoms with Crippen molar-refractivity contribution in [2.75, 3.05) is 6.54 Å². The van der Waals surface area contributed by atoms with Gasteiger partial charge in [-0.2, -0.15) is 0 Å². The minimum Gasteiger partial charge on any atom is -0.352 e. The number of amides is 1. The fraction of sp³-hybridized carbons (Fsp3) is 0.222. The molecular formula is C27H26FN3O2S. The molecule has 3 aromatic carbocycles. The van der Waals surface area contributed by atoms with Crippen molar-refractivity contribution < 1.29 is 9.18 Å². The van der Waals surface area contributed by atoms with Crippen LogP contribution >= 0.6 is 11.8 Å². The van der Waals surface area contributed by atoms with Gasteiger partial charge in [-0.25, -0.2) is 9.37 Å². The van der Waals surface area contributed by atoms with Crippen molar-refractivity contribution in [2.24, 2.45) is 0 Å². The third-order valence-electron chi connectivity index (χ3n) is 5.50. The van der Waals surface area contributed by atoms with Crippen LogP contribution in [-0.4, -0.2) is 22.0 Å². The molecule has 1 N–H and O–H groups in total. The fourth-order valence-electron chi connectivity index (χ4n) is 3.63. The zero-order valence-electron chi connectivity index (χ0n) is 19.0. The highest BCUT2D eigenvalue weighted by atomic mass is 32.2. The molecule has 0 spiro atoms. The van der Waals surface area contributed by atoms with Gasteiger partial charge in [-0.05, 0) is 48.2 Å². The summed E-state index contributed by atoms with van der Waals surface area (Å²) in [6, 6.07) is 21.5. The van der Waals surface area contributed by atoms with E-state index in [1.165, 1.54) is 17.8 Å². The van der Waals surface area contributed by atoms with Crippen LogP contribution in [0.4, 0.5) is 4.39 Å². The quantitative estimate of drug-likeness (QED) is 0.267. The first-order valence-electron chi connectivity index (χ1n) is 11.3. The Morgan fingerprint density at radius 2 is 1.82 bits per heavy atom. The molecule has 0 aliphatic rings. The standard InChI is InChI=1S/C27H26FN3O2S/c1-2-15-29-25(32)20-12-13-22-24(17-20)30-27(34-18-21-10-6-7-11-23(21)28)31(26(22)33)16-14-19-8-4-3-5-9-19/h3-13,17H,2,14-16,18H2,1H3,(H,29,32). The number of thioether (sulfide) groups is 1. The summed E-state index contributed by atoms with van der Waals surface area (Å²) < 4.78 is 15.8. The average molecular weight is 476 g/mol. The first-order chi connectivity index (χ1) is 16.6. The van der Waals surface area contributed by atoms with Crippen molar-refractivity contribution in [3.8, 4) is 0 Å². The van der Waals surface area contributed by atoms with Gasteiger partial charge in [-0.15, -0.1) is 0 Å². The summed E-state index contributed by atoms with van der Waals surface area (Å²) in [7, 11) is 0. The lowest BCUT2D eigenvalue weighted by atomic mass is 10.1. The number of nitrogens with one attached hydrogen (secondary N) is 1. The molecule has 174 valence electrons. The number of nitrogens with zero attached hydrogens (tertiary/aromatic N) is 2. The highest BCUT2D eigenvalue weighted by molar-refractivity contribution is 7.98. The Hall–Kier alpha value is -3.45. The summed E-state index contributed by atoms with van der Waals surface area (Å²) in [5.74, 6) is -0.143. The largest absolute Gasteiger partial charge is 0.352 e. The molecule has 1 aromatic heterocycles. The third-order valence-corrected chi connectivity index (χ3v) is 6.52. The van der Waals surface area contributed by atoms with E-state index < -0.39 is 0 Å². The van der Waals surface area contributed by atoms with Crippen LogP contribution < -0.4 is 10.9 Å². The van der Waals surface area contributed by atoms with Crippen LogP contribution in [0.5, 0.6) is 0 Å². The second-order valence-corrected chi connectivity index (χ2v) is 8.90. The number of benzene rings is 3. The number of aromatic nitrogens is 2. The predicted molar refractivity (Wildman–Crippen MR) is 135 cm³/mol. The van der Waals surface area contributed by atoms with E-state index in [4.69, 9.17) is 4.98 Å².